The van der Waals surface area contributed by atoms with E-state index < -0.39 is 0 Å². The van der Waals surface area contributed by atoms with Crippen LogP contribution in [0.4, 0.5) is 0 Å². The fraction of sp³-hybridized carbons (Fsp3) is 0.273. The second-order valence-corrected chi connectivity index (χ2v) is 4.78. The number of aromatic nitrogens is 2. The molecule has 0 radical (unpaired) electrons. The lowest BCUT2D eigenvalue weighted by atomic mass is 10.2. The van der Waals surface area contributed by atoms with E-state index in [9.17, 15) is 0 Å². The molecule has 2 rings (SSSR count). The minimum atomic E-state index is 0.153. The van der Waals surface area contributed by atoms with Crippen LogP contribution in [0.3, 0.4) is 0 Å². The van der Waals surface area contributed by atoms with Crippen molar-refractivity contribution in [2.24, 2.45) is 0 Å². The first-order valence-corrected chi connectivity index (χ1v) is 6.60. The Morgan fingerprint density at radius 1 is 1.35 bits per heavy atom. The molecular weight excluding hydrogens is 260 g/mol. The first-order valence-electron chi connectivity index (χ1n) is 5.07. The number of benzene rings is 1. The van der Waals surface area contributed by atoms with Crippen LogP contribution < -0.4 is 0 Å². The number of hydrogen-bond donors (Lipinski definition) is 1. The normalized spacial score (nSPS) is 10.7. The van der Waals surface area contributed by atoms with Crippen LogP contribution in [-0.2, 0) is 5.75 Å². The van der Waals surface area contributed by atoms with Gasteiger partial charge in [0.15, 0.2) is 5.82 Å². The van der Waals surface area contributed by atoms with Gasteiger partial charge in [-0.25, -0.2) is 0 Å². The molecule has 1 heterocycles. The molecule has 2 aromatic rings. The number of aliphatic hydroxyl groups excluding tert-OH is 1. The summed E-state index contributed by atoms with van der Waals surface area (Å²) in [7, 11) is 0. The number of aliphatic hydroxyl groups is 1. The fourth-order valence-corrected chi connectivity index (χ4v) is 2.07. The Bertz CT molecular complexity index is 490. The highest BCUT2D eigenvalue weighted by Gasteiger charge is 2.11. The predicted octanol–water partition coefficient (Wildman–Crippen LogP) is 2.62. The van der Waals surface area contributed by atoms with Crippen molar-refractivity contribution in [2.75, 3.05) is 12.4 Å². The summed E-state index contributed by atoms with van der Waals surface area (Å²) in [4.78, 5) is 4.25. The molecule has 0 saturated carbocycles. The fourth-order valence-electron chi connectivity index (χ4n) is 1.28. The van der Waals surface area contributed by atoms with Crippen LogP contribution in [0.25, 0.3) is 11.5 Å². The van der Waals surface area contributed by atoms with E-state index in [-0.39, 0.29) is 6.61 Å². The zero-order valence-electron chi connectivity index (χ0n) is 8.97. The summed E-state index contributed by atoms with van der Waals surface area (Å²) in [6.07, 6.45) is 0. The lowest BCUT2D eigenvalue weighted by Gasteiger charge is -1.95. The molecule has 90 valence electrons. The van der Waals surface area contributed by atoms with Crippen LogP contribution in [0.15, 0.2) is 28.8 Å². The minimum Gasteiger partial charge on any atom is -0.396 e. The molecule has 0 aliphatic heterocycles. The zero-order chi connectivity index (χ0) is 12.1. The van der Waals surface area contributed by atoms with E-state index in [1.165, 1.54) is 0 Å². The van der Waals surface area contributed by atoms with Gasteiger partial charge in [-0.3, -0.25) is 0 Å². The Labute approximate surface area is 108 Å². The molecule has 1 aromatic heterocycles. The molecule has 1 N–H and O–H groups in total. The SMILES string of the molecule is OCCSCc1noc(-c2ccccc2Cl)n1. The number of nitrogens with zero attached hydrogens (tertiary/aromatic N) is 2. The van der Waals surface area contributed by atoms with Crippen molar-refractivity contribution in [3.05, 3.63) is 35.1 Å². The Balaban J connectivity index is 2.10. The number of rotatable bonds is 5. The lowest BCUT2D eigenvalue weighted by molar-refractivity contribution is 0.322. The van der Waals surface area contributed by atoms with Crippen molar-refractivity contribution >= 4 is 23.4 Å². The van der Waals surface area contributed by atoms with Gasteiger partial charge in [-0.15, -0.1) is 0 Å². The second-order valence-electron chi connectivity index (χ2n) is 3.27. The van der Waals surface area contributed by atoms with Crippen molar-refractivity contribution < 1.29 is 9.63 Å². The first-order chi connectivity index (χ1) is 8.31. The third-order valence-corrected chi connectivity index (χ3v) is 3.30. The molecular formula is C11H11ClN2O2S. The summed E-state index contributed by atoms with van der Waals surface area (Å²) in [5, 5.41) is 13.1. The predicted molar refractivity (Wildman–Crippen MR) is 68.0 cm³/mol. The zero-order valence-corrected chi connectivity index (χ0v) is 10.5. The van der Waals surface area contributed by atoms with E-state index >= 15 is 0 Å². The molecule has 0 spiro atoms. The van der Waals surface area contributed by atoms with E-state index in [4.69, 9.17) is 21.2 Å². The summed E-state index contributed by atoms with van der Waals surface area (Å²) in [6, 6.07) is 7.33. The van der Waals surface area contributed by atoms with Crippen LogP contribution in [0.1, 0.15) is 5.82 Å². The lowest BCUT2D eigenvalue weighted by Crippen LogP contribution is -1.89. The number of halogens is 1. The maximum Gasteiger partial charge on any atom is 0.259 e. The highest BCUT2D eigenvalue weighted by molar-refractivity contribution is 7.98. The Morgan fingerprint density at radius 2 is 2.18 bits per heavy atom. The highest BCUT2D eigenvalue weighted by Crippen LogP contribution is 2.26. The second kappa shape index (κ2) is 6.05. The van der Waals surface area contributed by atoms with Crippen LogP contribution in [-0.4, -0.2) is 27.6 Å². The van der Waals surface area contributed by atoms with E-state index in [2.05, 4.69) is 10.1 Å². The van der Waals surface area contributed by atoms with Gasteiger partial charge in [-0.1, -0.05) is 28.9 Å². The van der Waals surface area contributed by atoms with Gasteiger partial charge in [0, 0.05) is 5.75 Å². The third-order valence-electron chi connectivity index (χ3n) is 2.04. The minimum absolute atomic E-state index is 0.153. The Hall–Kier alpha value is -1.04. The quantitative estimate of drug-likeness (QED) is 0.847. The summed E-state index contributed by atoms with van der Waals surface area (Å²) < 4.78 is 5.14. The van der Waals surface area contributed by atoms with E-state index in [1.807, 2.05) is 18.2 Å². The Morgan fingerprint density at radius 3 is 2.94 bits per heavy atom. The van der Waals surface area contributed by atoms with Gasteiger partial charge in [-0.05, 0) is 12.1 Å². The van der Waals surface area contributed by atoms with Crippen LogP contribution in [0, 0.1) is 0 Å². The molecule has 0 saturated heterocycles. The van der Waals surface area contributed by atoms with Crippen molar-refractivity contribution in [3.8, 4) is 11.5 Å². The molecule has 0 aliphatic carbocycles. The molecule has 0 bridgehead atoms. The number of thioether (sulfide) groups is 1. The van der Waals surface area contributed by atoms with Crippen LogP contribution in [0.5, 0.6) is 0 Å². The van der Waals surface area contributed by atoms with Gasteiger partial charge >= 0.3 is 0 Å². The van der Waals surface area contributed by atoms with Crippen molar-refractivity contribution in [3.63, 3.8) is 0 Å². The topological polar surface area (TPSA) is 59.2 Å². The maximum atomic E-state index is 8.66. The van der Waals surface area contributed by atoms with Gasteiger partial charge in [0.1, 0.15) is 0 Å². The molecule has 0 fully saturated rings. The largest absolute Gasteiger partial charge is 0.396 e. The summed E-state index contributed by atoms with van der Waals surface area (Å²) in [5.74, 6) is 2.32. The van der Waals surface area contributed by atoms with Crippen molar-refractivity contribution in [2.45, 2.75) is 5.75 Å². The maximum absolute atomic E-state index is 8.66. The highest BCUT2D eigenvalue weighted by atomic mass is 35.5. The monoisotopic (exact) mass is 270 g/mol. The average Bonchev–Trinajstić information content (AvgIpc) is 2.79. The van der Waals surface area contributed by atoms with Gasteiger partial charge in [-0.2, -0.15) is 16.7 Å². The van der Waals surface area contributed by atoms with Gasteiger partial charge < -0.3 is 9.63 Å². The third kappa shape index (κ3) is 3.21. The molecule has 17 heavy (non-hydrogen) atoms. The van der Waals surface area contributed by atoms with Crippen molar-refractivity contribution in [1.29, 1.82) is 0 Å². The molecule has 0 amide bonds. The molecule has 6 heteroatoms. The summed E-state index contributed by atoms with van der Waals surface area (Å²) in [6.45, 7) is 0.153. The first kappa shape index (κ1) is 12.4. The summed E-state index contributed by atoms with van der Waals surface area (Å²) in [5.41, 5.74) is 0.736. The van der Waals surface area contributed by atoms with Gasteiger partial charge in [0.05, 0.1) is 22.9 Å². The molecule has 0 aliphatic rings. The van der Waals surface area contributed by atoms with Crippen LogP contribution in [0.2, 0.25) is 5.02 Å². The standard InChI is InChI=1S/C11H11ClN2O2S/c12-9-4-2-1-3-8(9)11-13-10(14-16-11)7-17-6-5-15/h1-4,15H,5-7H2. The van der Waals surface area contributed by atoms with E-state index in [0.29, 0.717) is 28.2 Å². The van der Waals surface area contributed by atoms with Crippen molar-refractivity contribution in [1.82, 2.24) is 10.1 Å². The molecule has 4 nitrogen and oxygen atoms in total. The Kier molecular flexibility index (Phi) is 4.42. The average molecular weight is 271 g/mol. The van der Waals surface area contributed by atoms with E-state index in [0.717, 1.165) is 5.56 Å². The smallest absolute Gasteiger partial charge is 0.259 e. The molecule has 0 atom stereocenters. The van der Waals surface area contributed by atoms with Gasteiger partial charge in [0.25, 0.3) is 5.89 Å². The summed E-state index contributed by atoms with van der Waals surface area (Å²) >= 11 is 7.58. The number of hydrogen-bond acceptors (Lipinski definition) is 5. The van der Waals surface area contributed by atoms with Gasteiger partial charge in [0.2, 0.25) is 0 Å². The van der Waals surface area contributed by atoms with E-state index in [1.54, 1.807) is 17.8 Å². The molecule has 1 aromatic carbocycles. The molecule has 0 unspecified atom stereocenters. The van der Waals surface area contributed by atoms with Crippen LogP contribution >= 0.6 is 23.4 Å².